The average Bonchev–Trinajstić information content (AvgIpc) is 2.78. The predicted octanol–water partition coefficient (Wildman–Crippen LogP) is 5.35. The lowest BCUT2D eigenvalue weighted by atomic mass is 10.0. The van der Waals surface area contributed by atoms with Crippen LogP contribution in [-0.2, 0) is 9.53 Å². The van der Waals surface area contributed by atoms with E-state index in [2.05, 4.69) is 0 Å². The minimum absolute atomic E-state index is 0.144. The number of halogens is 3. The molecule has 0 atom stereocenters. The van der Waals surface area contributed by atoms with Crippen molar-refractivity contribution in [3.63, 3.8) is 0 Å². The number of nitrogens with zero attached hydrogens (tertiary/aromatic N) is 2. The summed E-state index contributed by atoms with van der Waals surface area (Å²) >= 11 is 0. The molecule has 8 heteroatoms. The first kappa shape index (κ1) is 22.7. The largest absolute Gasteiger partial charge is 0.479 e. The third-order valence-corrected chi connectivity index (χ3v) is 4.61. The number of ether oxygens (including phenoxy) is 2. The van der Waals surface area contributed by atoms with Crippen LogP contribution in [0.3, 0.4) is 0 Å². The van der Waals surface area contributed by atoms with Gasteiger partial charge >= 0.3 is 5.97 Å². The van der Waals surface area contributed by atoms with Crippen LogP contribution in [0.1, 0.15) is 12.5 Å². The highest BCUT2D eigenvalue weighted by molar-refractivity contribution is 5.75. The number of carbonyl (C=O) groups excluding carboxylic acids is 1. The van der Waals surface area contributed by atoms with Crippen molar-refractivity contribution >= 4 is 17.3 Å². The first-order valence-electron chi connectivity index (χ1n) is 9.65. The molecule has 3 aromatic rings. The van der Waals surface area contributed by atoms with E-state index in [1.807, 2.05) is 6.07 Å². The highest BCUT2D eigenvalue weighted by Gasteiger charge is 2.21. The van der Waals surface area contributed by atoms with Gasteiger partial charge < -0.3 is 14.4 Å². The van der Waals surface area contributed by atoms with Gasteiger partial charge in [0.05, 0.1) is 18.2 Å². The first-order valence-corrected chi connectivity index (χ1v) is 9.65. The Kier molecular flexibility index (Phi) is 7.00. The van der Waals surface area contributed by atoms with Crippen LogP contribution >= 0.6 is 0 Å². The van der Waals surface area contributed by atoms with Crippen LogP contribution in [0.4, 0.5) is 24.5 Å². The van der Waals surface area contributed by atoms with E-state index < -0.39 is 35.7 Å². The number of rotatable bonds is 7. The van der Waals surface area contributed by atoms with E-state index in [4.69, 9.17) is 9.47 Å². The van der Waals surface area contributed by atoms with E-state index in [1.54, 1.807) is 25.1 Å². The van der Waals surface area contributed by atoms with Crippen molar-refractivity contribution in [3.8, 4) is 22.9 Å². The van der Waals surface area contributed by atoms with E-state index in [0.29, 0.717) is 16.8 Å². The van der Waals surface area contributed by atoms with Gasteiger partial charge in [-0.1, -0.05) is 12.1 Å². The molecule has 0 aliphatic heterocycles. The van der Waals surface area contributed by atoms with Crippen molar-refractivity contribution < 1.29 is 27.4 Å². The zero-order valence-corrected chi connectivity index (χ0v) is 17.4. The standard InChI is InChI=1S/C24H19F3N2O3/c1-3-31-22(30)14-32-21-8-7-20(26)24(23(21)27)29(2)19-10-15(13-28)9-17(12-19)16-5-4-6-18(25)11-16/h4-12H,3,14H2,1-2H3. The van der Waals surface area contributed by atoms with Gasteiger partial charge in [0, 0.05) is 12.7 Å². The molecule has 0 amide bonds. The Bertz CT molecular complexity index is 1190. The molecule has 0 N–H and O–H groups in total. The van der Waals surface area contributed by atoms with Crippen molar-refractivity contribution in [1.29, 1.82) is 5.26 Å². The molecule has 164 valence electrons. The van der Waals surface area contributed by atoms with Gasteiger partial charge in [0.15, 0.2) is 18.2 Å². The molecule has 3 aromatic carbocycles. The SMILES string of the molecule is CCOC(=O)COc1ccc(F)c(N(C)c2cc(C#N)cc(-c3cccc(F)c3)c2)c1F. The van der Waals surface area contributed by atoms with Crippen LogP contribution in [0.15, 0.2) is 54.6 Å². The molecule has 0 saturated carbocycles. The van der Waals surface area contributed by atoms with Gasteiger partial charge in [-0.25, -0.2) is 18.0 Å². The molecule has 0 bridgehead atoms. The summed E-state index contributed by atoms with van der Waals surface area (Å²) in [5.74, 6) is -3.37. The zero-order valence-electron chi connectivity index (χ0n) is 17.4. The molecule has 3 rings (SSSR count). The fraction of sp³-hybridized carbons (Fsp3) is 0.167. The Hall–Kier alpha value is -3.99. The van der Waals surface area contributed by atoms with E-state index >= 15 is 4.39 Å². The van der Waals surface area contributed by atoms with Gasteiger partial charge in [0.2, 0.25) is 0 Å². The Morgan fingerprint density at radius 1 is 1.06 bits per heavy atom. The van der Waals surface area contributed by atoms with Crippen LogP contribution in [0.2, 0.25) is 0 Å². The Labute approximate surface area is 183 Å². The van der Waals surface area contributed by atoms with Gasteiger partial charge in [0.25, 0.3) is 0 Å². The van der Waals surface area contributed by atoms with Crippen LogP contribution in [-0.4, -0.2) is 26.2 Å². The van der Waals surface area contributed by atoms with Gasteiger partial charge in [-0.15, -0.1) is 0 Å². The van der Waals surface area contributed by atoms with E-state index in [9.17, 15) is 18.8 Å². The van der Waals surface area contributed by atoms with Crippen molar-refractivity contribution in [1.82, 2.24) is 0 Å². The summed E-state index contributed by atoms with van der Waals surface area (Å²) in [6.45, 7) is 1.23. The van der Waals surface area contributed by atoms with Crippen LogP contribution in [0.5, 0.6) is 5.75 Å². The monoisotopic (exact) mass is 440 g/mol. The highest BCUT2D eigenvalue weighted by Crippen LogP contribution is 2.36. The van der Waals surface area contributed by atoms with Gasteiger partial charge in [-0.2, -0.15) is 5.26 Å². The summed E-state index contributed by atoms with van der Waals surface area (Å²) in [6, 6.07) is 14.4. The second-order valence-electron chi connectivity index (χ2n) is 6.75. The molecule has 0 saturated heterocycles. The van der Waals surface area contributed by atoms with Gasteiger partial charge in [-0.05, 0) is 60.5 Å². The second kappa shape index (κ2) is 9.88. The highest BCUT2D eigenvalue weighted by atomic mass is 19.1. The van der Waals surface area contributed by atoms with Crippen LogP contribution in [0, 0.1) is 28.8 Å². The Balaban J connectivity index is 2.00. The van der Waals surface area contributed by atoms with Crippen molar-refractivity contribution in [2.45, 2.75) is 6.92 Å². The summed E-state index contributed by atoms with van der Waals surface area (Å²) in [7, 11) is 1.42. The third-order valence-electron chi connectivity index (χ3n) is 4.61. The van der Waals surface area contributed by atoms with E-state index in [-0.39, 0.29) is 17.9 Å². The zero-order chi connectivity index (χ0) is 23.3. The molecule has 0 spiro atoms. The smallest absolute Gasteiger partial charge is 0.344 e. The molecule has 0 radical (unpaired) electrons. The molecule has 0 aliphatic rings. The van der Waals surface area contributed by atoms with Crippen molar-refractivity contribution in [2.24, 2.45) is 0 Å². The van der Waals surface area contributed by atoms with Crippen molar-refractivity contribution in [2.75, 3.05) is 25.2 Å². The maximum atomic E-state index is 15.1. The fourth-order valence-corrected chi connectivity index (χ4v) is 3.11. The minimum Gasteiger partial charge on any atom is -0.479 e. The average molecular weight is 440 g/mol. The van der Waals surface area contributed by atoms with Gasteiger partial charge in [0.1, 0.15) is 17.3 Å². The summed E-state index contributed by atoms with van der Waals surface area (Å²) in [5, 5.41) is 9.40. The Morgan fingerprint density at radius 2 is 1.84 bits per heavy atom. The minimum atomic E-state index is -1.02. The number of hydrogen-bond acceptors (Lipinski definition) is 5. The quantitative estimate of drug-likeness (QED) is 0.464. The lowest BCUT2D eigenvalue weighted by molar-refractivity contribution is -0.145. The number of anilines is 2. The lowest BCUT2D eigenvalue weighted by Crippen LogP contribution is -2.17. The summed E-state index contributed by atoms with van der Waals surface area (Å²) in [5.41, 5.74) is 1.09. The number of benzene rings is 3. The number of hydrogen-bond donors (Lipinski definition) is 0. The summed E-state index contributed by atoms with van der Waals surface area (Å²) in [6.07, 6.45) is 0. The topological polar surface area (TPSA) is 62.6 Å². The third kappa shape index (κ3) is 5.01. The maximum absolute atomic E-state index is 15.1. The Morgan fingerprint density at radius 3 is 2.53 bits per heavy atom. The molecule has 0 unspecified atom stereocenters. The molecule has 0 aromatic heterocycles. The molecule has 0 heterocycles. The molecule has 5 nitrogen and oxygen atoms in total. The van der Waals surface area contributed by atoms with Gasteiger partial charge in [-0.3, -0.25) is 0 Å². The summed E-state index contributed by atoms with van der Waals surface area (Å²) < 4.78 is 53.2. The maximum Gasteiger partial charge on any atom is 0.344 e. The lowest BCUT2D eigenvalue weighted by Gasteiger charge is -2.23. The molecule has 0 fully saturated rings. The van der Waals surface area contributed by atoms with E-state index in [1.165, 1.54) is 36.2 Å². The van der Waals surface area contributed by atoms with Crippen LogP contribution in [0.25, 0.3) is 11.1 Å². The molecular weight excluding hydrogens is 421 g/mol. The number of carbonyl (C=O) groups is 1. The number of nitriles is 1. The van der Waals surface area contributed by atoms with E-state index in [0.717, 1.165) is 12.1 Å². The normalized spacial score (nSPS) is 10.4. The first-order chi connectivity index (χ1) is 15.3. The second-order valence-corrected chi connectivity index (χ2v) is 6.75. The van der Waals surface area contributed by atoms with Crippen molar-refractivity contribution in [3.05, 3.63) is 77.6 Å². The van der Waals surface area contributed by atoms with Crippen LogP contribution < -0.4 is 9.64 Å². The summed E-state index contributed by atoms with van der Waals surface area (Å²) in [4.78, 5) is 12.7. The molecule has 32 heavy (non-hydrogen) atoms. The molecular formula is C24H19F3N2O3. The fourth-order valence-electron chi connectivity index (χ4n) is 3.11. The number of esters is 1. The molecule has 0 aliphatic carbocycles. The predicted molar refractivity (Wildman–Crippen MR) is 113 cm³/mol.